The first-order valence-corrected chi connectivity index (χ1v) is 5.11. The van der Waals surface area contributed by atoms with Crippen LogP contribution in [0.4, 0.5) is 0 Å². The van der Waals surface area contributed by atoms with Crippen LogP contribution >= 0.6 is 0 Å². The van der Waals surface area contributed by atoms with E-state index in [1.807, 2.05) is 0 Å². The minimum Gasteiger partial charge on any atom is -1.00 e. The fourth-order valence-electron chi connectivity index (χ4n) is 1.32. The molecule has 14 heavy (non-hydrogen) atoms. The van der Waals surface area contributed by atoms with E-state index in [1.165, 1.54) is 12.8 Å². The first-order chi connectivity index (χ1) is 6.36. The standard InChI is InChI=1S/C10H20N3.ClH/c1-2-3-6-12-8-9-13(10-12)7-4-5-11;/h8-10H,2-7,11H2,1H3;1H/q+1;/p-1. The van der Waals surface area contributed by atoms with Crippen LogP contribution in [-0.4, -0.2) is 11.1 Å². The Hall–Kier alpha value is -0.540. The van der Waals surface area contributed by atoms with E-state index in [0.717, 1.165) is 26.1 Å². The van der Waals surface area contributed by atoms with E-state index < -0.39 is 0 Å². The van der Waals surface area contributed by atoms with E-state index in [-0.39, 0.29) is 12.4 Å². The van der Waals surface area contributed by atoms with Crippen molar-refractivity contribution in [3.05, 3.63) is 18.7 Å². The molecule has 0 bridgehead atoms. The maximum atomic E-state index is 5.44. The molecule has 0 unspecified atom stereocenters. The molecule has 0 saturated heterocycles. The first-order valence-electron chi connectivity index (χ1n) is 5.11. The largest absolute Gasteiger partial charge is 1.00 e. The van der Waals surface area contributed by atoms with Crippen LogP contribution in [0.3, 0.4) is 0 Å². The Morgan fingerprint density at radius 3 is 2.79 bits per heavy atom. The lowest BCUT2D eigenvalue weighted by Gasteiger charge is -1.93. The molecule has 0 saturated carbocycles. The SMILES string of the molecule is CCCCn1cc[n+](CCCN)c1.[Cl-]. The number of halogens is 1. The van der Waals surface area contributed by atoms with Crippen molar-refractivity contribution in [3.63, 3.8) is 0 Å². The molecule has 0 aliphatic carbocycles. The van der Waals surface area contributed by atoms with Crippen molar-refractivity contribution in [1.82, 2.24) is 4.57 Å². The highest BCUT2D eigenvalue weighted by atomic mass is 35.5. The van der Waals surface area contributed by atoms with Crippen molar-refractivity contribution in [3.8, 4) is 0 Å². The van der Waals surface area contributed by atoms with Crippen LogP contribution in [0.2, 0.25) is 0 Å². The minimum absolute atomic E-state index is 0. The third kappa shape index (κ3) is 4.63. The zero-order valence-corrected chi connectivity index (χ0v) is 9.58. The van der Waals surface area contributed by atoms with Gasteiger partial charge in [0.2, 0.25) is 6.33 Å². The average molecular weight is 218 g/mol. The quantitative estimate of drug-likeness (QED) is 0.546. The molecule has 1 rings (SSSR count). The van der Waals surface area contributed by atoms with Gasteiger partial charge in [-0.1, -0.05) is 13.3 Å². The minimum atomic E-state index is 0. The van der Waals surface area contributed by atoms with Crippen LogP contribution in [0, 0.1) is 0 Å². The molecule has 1 heterocycles. The zero-order chi connectivity index (χ0) is 9.52. The summed E-state index contributed by atoms with van der Waals surface area (Å²) >= 11 is 0. The molecule has 82 valence electrons. The van der Waals surface area contributed by atoms with Crippen molar-refractivity contribution < 1.29 is 17.0 Å². The maximum Gasteiger partial charge on any atom is 0.243 e. The van der Waals surface area contributed by atoms with Crippen LogP contribution in [-0.2, 0) is 13.1 Å². The van der Waals surface area contributed by atoms with E-state index >= 15 is 0 Å². The molecular formula is C10H20ClN3. The van der Waals surface area contributed by atoms with Gasteiger partial charge in [0.05, 0.1) is 13.1 Å². The van der Waals surface area contributed by atoms with Crippen LogP contribution in [0.25, 0.3) is 0 Å². The van der Waals surface area contributed by atoms with Crippen molar-refractivity contribution in [1.29, 1.82) is 0 Å². The molecule has 0 radical (unpaired) electrons. The Kier molecular flexibility index (Phi) is 7.52. The second kappa shape index (κ2) is 7.83. The molecule has 1 aromatic heterocycles. The summed E-state index contributed by atoms with van der Waals surface area (Å²) in [5, 5.41) is 0. The Balaban J connectivity index is 0.00000169. The summed E-state index contributed by atoms with van der Waals surface area (Å²) in [5.41, 5.74) is 5.44. The molecule has 4 heteroatoms. The number of hydrogen-bond acceptors (Lipinski definition) is 1. The summed E-state index contributed by atoms with van der Waals surface area (Å²) in [6.07, 6.45) is 9.97. The molecule has 0 aromatic carbocycles. The lowest BCUT2D eigenvalue weighted by molar-refractivity contribution is -0.696. The van der Waals surface area contributed by atoms with Gasteiger partial charge < -0.3 is 18.1 Å². The van der Waals surface area contributed by atoms with E-state index in [4.69, 9.17) is 5.73 Å². The molecule has 0 fully saturated rings. The summed E-state index contributed by atoms with van der Waals surface area (Å²) in [7, 11) is 0. The molecule has 0 amide bonds. The van der Waals surface area contributed by atoms with E-state index in [0.29, 0.717) is 0 Å². The van der Waals surface area contributed by atoms with Gasteiger partial charge in [-0.15, -0.1) is 0 Å². The molecule has 2 N–H and O–H groups in total. The average Bonchev–Trinajstić information content (AvgIpc) is 2.59. The smallest absolute Gasteiger partial charge is 0.243 e. The molecule has 0 aliphatic rings. The fourth-order valence-corrected chi connectivity index (χ4v) is 1.32. The third-order valence-corrected chi connectivity index (χ3v) is 2.14. The third-order valence-electron chi connectivity index (χ3n) is 2.14. The highest BCUT2D eigenvalue weighted by Crippen LogP contribution is 1.92. The molecule has 0 aliphatic heterocycles. The maximum absolute atomic E-state index is 5.44. The molecule has 0 spiro atoms. The van der Waals surface area contributed by atoms with Crippen LogP contribution in [0.5, 0.6) is 0 Å². The Morgan fingerprint density at radius 2 is 2.14 bits per heavy atom. The summed E-state index contributed by atoms with van der Waals surface area (Å²) < 4.78 is 4.43. The van der Waals surface area contributed by atoms with Crippen molar-refractivity contribution in [2.24, 2.45) is 5.73 Å². The summed E-state index contributed by atoms with van der Waals surface area (Å²) in [6.45, 7) is 5.15. The van der Waals surface area contributed by atoms with Crippen molar-refractivity contribution >= 4 is 0 Å². The first kappa shape index (κ1) is 13.5. The number of nitrogens with two attached hydrogens (primary N) is 1. The van der Waals surface area contributed by atoms with Gasteiger partial charge in [0.25, 0.3) is 0 Å². The van der Waals surface area contributed by atoms with Gasteiger partial charge in [0, 0.05) is 0 Å². The zero-order valence-electron chi connectivity index (χ0n) is 8.82. The van der Waals surface area contributed by atoms with E-state index in [2.05, 4.69) is 34.8 Å². The van der Waals surface area contributed by atoms with Crippen LogP contribution in [0.1, 0.15) is 26.2 Å². The van der Waals surface area contributed by atoms with E-state index in [1.54, 1.807) is 0 Å². The summed E-state index contributed by atoms with van der Waals surface area (Å²) in [4.78, 5) is 0. The summed E-state index contributed by atoms with van der Waals surface area (Å²) in [6, 6.07) is 0. The van der Waals surface area contributed by atoms with Gasteiger partial charge in [-0.3, -0.25) is 0 Å². The Bertz CT molecular complexity index is 213. The normalized spacial score (nSPS) is 9.86. The fraction of sp³-hybridized carbons (Fsp3) is 0.700. The highest BCUT2D eigenvalue weighted by molar-refractivity contribution is 4.65. The van der Waals surface area contributed by atoms with Gasteiger partial charge >= 0.3 is 0 Å². The molecular weight excluding hydrogens is 198 g/mol. The van der Waals surface area contributed by atoms with Gasteiger partial charge in [0.1, 0.15) is 12.4 Å². The predicted octanol–water partition coefficient (Wildman–Crippen LogP) is -2.07. The van der Waals surface area contributed by atoms with Gasteiger partial charge in [0.15, 0.2) is 0 Å². The van der Waals surface area contributed by atoms with Gasteiger partial charge in [-0.25, -0.2) is 9.13 Å². The molecule has 3 nitrogen and oxygen atoms in total. The Morgan fingerprint density at radius 1 is 1.36 bits per heavy atom. The lowest BCUT2D eigenvalue weighted by Crippen LogP contribution is -3.00. The van der Waals surface area contributed by atoms with Gasteiger partial charge in [-0.2, -0.15) is 0 Å². The number of imidazole rings is 1. The highest BCUT2D eigenvalue weighted by Gasteiger charge is 2.01. The lowest BCUT2D eigenvalue weighted by atomic mass is 10.3. The van der Waals surface area contributed by atoms with Crippen molar-refractivity contribution in [2.45, 2.75) is 39.3 Å². The van der Waals surface area contributed by atoms with Crippen molar-refractivity contribution in [2.75, 3.05) is 6.54 Å². The van der Waals surface area contributed by atoms with Crippen LogP contribution in [0.15, 0.2) is 18.7 Å². The number of hydrogen-bond donors (Lipinski definition) is 1. The van der Waals surface area contributed by atoms with Gasteiger partial charge in [-0.05, 0) is 19.4 Å². The number of rotatable bonds is 6. The second-order valence-corrected chi connectivity index (χ2v) is 3.39. The van der Waals surface area contributed by atoms with Crippen LogP contribution < -0.4 is 22.7 Å². The Labute approximate surface area is 92.3 Å². The van der Waals surface area contributed by atoms with E-state index in [9.17, 15) is 0 Å². The number of aryl methyl sites for hydroxylation is 2. The molecule has 1 aromatic rings. The summed E-state index contributed by atoms with van der Waals surface area (Å²) in [5.74, 6) is 0. The monoisotopic (exact) mass is 217 g/mol. The predicted molar refractivity (Wildman–Crippen MR) is 53.2 cm³/mol. The number of unbranched alkanes of at least 4 members (excludes halogenated alkanes) is 1. The second-order valence-electron chi connectivity index (χ2n) is 3.39. The number of aromatic nitrogens is 2. The topological polar surface area (TPSA) is 34.8 Å². The molecule has 0 atom stereocenters. The number of nitrogens with zero attached hydrogens (tertiary/aromatic N) is 2.